The molecule has 108 valence electrons. The zero-order valence-electron chi connectivity index (χ0n) is 12.2. The summed E-state index contributed by atoms with van der Waals surface area (Å²) < 4.78 is 0. The Morgan fingerprint density at radius 2 is 2.05 bits per heavy atom. The summed E-state index contributed by atoms with van der Waals surface area (Å²) >= 11 is 0. The van der Waals surface area contributed by atoms with Crippen LogP contribution in [0.15, 0.2) is 0 Å². The number of nitrogens with zero attached hydrogens (tertiary/aromatic N) is 2. The number of likely N-dealkylation sites (tertiary alicyclic amines) is 1. The van der Waals surface area contributed by atoms with Gasteiger partial charge in [-0.15, -0.1) is 0 Å². The lowest BCUT2D eigenvalue weighted by atomic mass is 9.84. The summed E-state index contributed by atoms with van der Waals surface area (Å²) in [5.74, 6) is 2.26. The average molecular weight is 265 g/mol. The Balaban J connectivity index is 1.58. The zero-order chi connectivity index (χ0) is 13.6. The van der Waals surface area contributed by atoms with Crippen LogP contribution in [0.2, 0.25) is 0 Å². The second-order valence-corrected chi connectivity index (χ2v) is 7.07. The van der Waals surface area contributed by atoms with Crippen molar-refractivity contribution in [2.24, 2.45) is 29.4 Å². The van der Waals surface area contributed by atoms with Crippen LogP contribution in [0.1, 0.15) is 25.7 Å². The first-order chi connectivity index (χ1) is 9.06. The van der Waals surface area contributed by atoms with Gasteiger partial charge in [-0.3, -0.25) is 4.79 Å². The Bertz CT molecular complexity index is 357. The first-order valence-electron chi connectivity index (χ1n) is 7.75. The van der Waals surface area contributed by atoms with Gasteiger partial charge in [-0.1, -0.05) is 0 Å². The van der Waals surface area contributed by atoms with E-state index in [2.05, 4.69) is 11.9 Å². The maximum atomic E-state index is 12.6. The number of hydrogen-bond donors (Lipinski definition) is 1. The van der Waals surface area contributed by atoms with Gasteiger partial charge in [0.1, 0.15) is 0 Å². The summed E-state index contributed by atoms with van der Waals surface area (Å²) in [7, 11) is 4.13. The summed E-state index contributed by atoms with van der Waals surface area (Å²) in [6, 6.07) is 0.125. The molecule has 0 radical (unpaired) electrons. The van der Waals surface area contributed by atoms with E-state index in [1.54, 1.807) is 0 Å². The largest absolute Gasteiger partial charge is 0.345 e. The zero-order valence-corrected chi connectivity index (χ0v) is 12.2. The quantitative estimate of drug-likeness (QED) is 0.820. The van der Waals surface area contributed by atoms with Crippen molar-refractivity contribution in [3.8, 4) is 0 Å². The normalized spacial score (nSPS) is 41.9. The monoisotopic (exact) mass is 265 g/mol. The molecule has 3 fully saturated rings. The van der Waals surface area contributed by atoms with Crippen molar-refractivity contribution in [1.82, 2.24) is 9.80 Å². The summed E-state index contributed by atoms with van der Waals surface area (Å²) in [5, 5.41) is 0. The van der Waals surface area contributed by atoms with E-state index in [4.69, 9.17) is 5.73 Å². The van der Waals surface area contributed by atoms with E-state index < -0.39 is 0 Å². The minimum absolute atomic E-state index is 0.114. The van der Waals surface area contributed by atoms with Gasteiger partial charge in [0.15, 0.2) is 0 Å². The summed E-state index contributed by atoms with van der Waals surface area (Å²) in [4.78, 5) is 17.0. The van der Waals surface area contributed by atoms with Crippen molar-refractivity contribution in [2.75, 3.05) is 33.7 Å². The lowest BCUT2D eigenvalue weighted by molar-refractivity contribution is -0.136. The Morgan fingerprint density at radius 3 is 2.63 bits per heavy atom. The van der Waals surface area contributed by atoms with E-state index in [0.717, 1.165) is 13.1 Å². The second-order valence-electron chi connectivity index (χ2n) is 7.07. The molecule has 3 aliphatic rings. The van der Waals surface area contributed by atoms with Gasteiger partial charge >= 0.3 is 0 Å². The smallest absolute Gasteiger partial charge is 0.227 e. The molecule has 1 heterocycles. The highest BCUT2D eigenvalue weighted by Gasteiger charge is 2.49. The van der Waals surface area contributed by atoms with Crippen molar-refractivity contribution in [1.29, 1.82) is 0 Å². The fraction of sp³-hybridized carbons (Fsp3) is 0.933. The maximum absolute atomic E-state index is 12.6. The van der Waals surface area contributed by atoms with Crippen LogP contribution in [0.4, 0.5) is 0 Å². The minimum atomic E-state index is 0.114. The average Bonchev–Trinajstić information content (AvgIpc) is 3.05. The molecule has 4 heteroatoms. The fourth-order valence-electron chi connectivity index (χ4n) is 4.61. The first kappa shape index (κ1) is 13.4. The lowest BCUT2D eigenvalue weighted by Crippen LogP contribution is -2.47. The molecule has 5 atom stereocenters. The SMILES string of the molecule is CN1CCC(CN(C)C(=O)C2C3CCC(C3)C2N)C1. The van der Waals surface area contributed by atoms with Crippen LogP contribution in [0.25, 0.3) is 0 Å². The van der Waals surface area contributed by atoms with Crippen LogP contribution in [0, 0.1) is 23.7 Å². The predicted octanol–water partition coefficient (Wildman–Crippen LogP) is 0.770. The highest BCUT2D eigenvalue weighted by molar-refractivity contribution is 5.80. The number of rotatable bonds is 3. The molecule has 1 aliphatic heterocycles. The summed E-state index contributed by atoms with van der Waals surface area (Å²) in [6.45, 7) is 3.20. The number of nitrogens with two attached hydrogens (primary N) is 1. The second kappa shape index (κ2) is 5.06. The van der Waals surface area contributed by atoms with Crippen LogP contribution in [-0.2, 0) is 4.79 Å². The number of fused-ring (bicyclic) bond motifs is 2. The molecule has 5 unspecified atom stereocenters. The number of carbonyl (C=O) groups excluding carboxylic acids is 1. The topological polar surface area (TPSA) is 49.6 Å². The molecule has 4 nitrogen and oxygen atoms in total. The van der Waals surface area contributed by atoms with Crippen LogP contribution < -0.4 is 5.73 Å². The highest BCUT2D eigenvalue weighted by Crippen LogP contribution is 2.48. The Kier molecular flexibility index (Phi) is 3.56. The molecule has 0 aromatic carbocycles. The van der Waals surface area contributed by atoms with E-state index in [9.17, 15) is 4.79 Å². The van der Waals surface area contributed by atoms with Crippen molar-refractivity contribution < 1.29 is 4.79 Å². The Hall–Kier alpha value is -0.610. The third kappa shape index (κ3) is 2.40. The van der Waals surface area contributed by atoms with Crippen LogP contribution in [-0.4, -0.2) is 55.5 Å². The van der Waals surface area contributed by atoms with E-state index in [1.165, 1.54) is 32.2 Å². The first-order valence-corrected chi connectivity index (χ1v) is 7.75. The molecule has 3 rings (SSSR count). The predicted molar refractivity (Wildman–Crippen MR) is 75.5 cm³/mol. The molecule has 2 N–H and O–H groups in total. The van der Waals surface area contributed by atoms with Gasteiger partial charge in [-0.2, -0.15) is 0 Å². The van der Waals surface area contributed by atoms with Gasteiger partial charge in [0, 0.05) is 26.2 Å². The highest BCUT2D eigenvalue weighted by atomic mass is 16.2. The number of carbonyl (C=O) groups is 1. The van der Waals surface area contributed by atoms with Gasteiger partial charge < -0.3 is 15.5 Å². The maximum Gasteiger partial charge on any atom is 0.227 e. The van der Waals surface area contributed by atoms with Gasteiger partial charge in [0.2, 0.25) is 5.91 Å². The molecule has 0 aromatic heterocycles. The third-order valence-corrected chi connectivity index (χ3v) is 5.66. The van der Waals surface area contributed by atoms with Crippen LogP contribution in [0.5, 0.6) is 0 Å². The summed E-state index contributed by atoms with van der Waals surface area (Å²) in [6.07, 6.45) is 4.87. The number of hydrogen-bond acceptors (Lipinski definition) is 3. The van der Waals surface area contributed by atoms with Gasteiger partial charge in [0.05, 0.1) is 5.92 Å². The molecule has 19 heavy (non-hydrogen) atoms. The van der Waals surface area contributed by atoms with Crippen molar-refractivity contribution in [3.63, 3.8) is 0 Å². The Labute approximate surface area is 116 Å². The molecular formula is C15H27N3O. The Morgan fingerprint density at radius 1 is 1.32 bits per heavy atom. The standard InChI is InChI=1S/C15H27N3O/c1-17-6-5-10(8-17)9-18(2)15(19)13-11-3-4-12(7-11)14(13)16/h10-14H,3-9,16H2,1-2H3. The molecular weight excluding hydrogens is 238 g/mol. The van der Waals surface area contributed by atoms with Crippen LogP contribution in [0.3, 0.4) is 0 Å². The molecule has 1 amide bonds. The molecule has 1 saturated heterocycles. The van der Waals surface area contributed by atoms with Crippen LogP contribution >= 0.6 is 0 Å². The van der Waals surface area contributed by atoms with Gasteiger partial charge in [0.25, 0.3) is 0 Å². The molecule has 0 spiro atoms. The fourth-order valence-corrected chi connectivity index (χ4v) is 4.61. The van der Waals surface area contributed by atoms with Crippen molar-refractivity contribution >= 4 is 5.91 Å². The van der Waals surface area contributed by atoms with Gasteiger partial charge in [-0.25, -0.2) is 0 Å². The summed E-state index contributed by atoms with van der Waals surface area (Å²) in [5.41, 5.74) is 6.28. The molecule has 0 aromatic rings. The molecule has 2 aliphatic carbocycles. The lowest BCUT2D eigenvalue weighted by Gasteiger charge is -2.31. The third-order valence-electron chi connectivity index (χ3n) is 5.66. The molecule has 2 saturated carbocycles. The number of amides is 1. The van der Waals surface area contributed by atoms with Gasteiger partial charge in [-0.05, 0) is 57.0 Å². The minimum Gasteiger partial charge on any atom is -0.345 e. The molecule has 2 bridgehead atoms. The van der Waals surface area contributed by atoms with Crippen molar-refractivity contribution in [2.45, 2.75) is 31.7 Å². The van der Waals surface area contributed by atoms with E-state index in [1.807, 2.05) is 11.9 Å². The van der Waals surface area contributed by atoms with E-state index in [0.29, 0.717) is 23.7 Å². The van der Waals surface area contributed by atoms with E-state index in [-0.39, 0.29) is 12.0 Å². The van der Waals surface area contributed by atoms with E-state index >= 15 is 0 Å². The van der Waals surface area contributed by atoms with Crippen molar-refractivity contribution in [3.05, 3.63) is 0 Å².